The zero-order valence-corrected chi connectivity index (χ0v) is 8.59. The van der Waals surface area contributed by atoms with Crippen LogP contribution in [0, 0.1) is 13.8 Å². The van der Waals surface area contributed by atoms with Crippen LogP contribution in [-0.4, -0.2) is 13.6 Å². The lowest BCUT2D eigenvalue weighted by Gasteiger charge is -2.14. The van der Waals surface area contributed by atoms with E-state index in [2.05, 4.69) is 37.4 Å². The van der Waals surface area contributed by atoms with Gasteiger partial charge in [-0.3, -0.25) is 0 Å². The highest BCUT2D eigenvalue weighted by molar-refractivity contribution is 5.32. The zero-order chi connectivity index (χ0) is 9.84. The third-order valence-corrected chi connectivity index (χ3v) is 2.25. The number of benzene rings is 1. The third kappa shape index (κ3) is 2.54. The Morgan fingerprint density at radius 1 is 1.38 bits per heavy atom. The Labute approximate surface area is 80.1 Å². The van der Waals surface area contributed by atoms with E-state index in [1.807, 2.05) is 7.05 Å². The van der Waals surface area contributed by atoms with Gasteiger partial charge in [-0.15, -0.1) is 0 Å². The summed E-state index contributed by atoms with van der Waals surface area (Å²) in [5, 5.41) is 3.08. The average molecular weight is 178 g/mol. The molecule has 0 aromatic heterocycles. The first-order valence-corrected chi connectivity index (χ1v) is 4.62. The van der Waals surface area contributed by atoms with Crippen LogP contribution >= 0.6 is 0 Å². The van der Waals surface area contributed by atoms with E-state index in [1.165, 1.54) is 16.7 Å². The summed E-state index contributed by atoms with van der Waals surface area (Å²) in [6.45, 7) is 5.03. The highest BCUT2D eigenvalue weighted by Crippen LogP contribution is 2.16. The summed E-state index contributed by atoms with van der Waals surface area (Å²) in [5.74, 6) is 0. The fourth-order valence-electron chi connectivity index (χ4n) is 1.57. The molecule has 0 saturated carbocycles. The number of nitrogens with one attached hydrogen (secondary N) is 1. The van der Waals surface area contributed by atoms with Crippen LogP contribution in [0.25, 0.3) is 0 Å². The second kappa shape index (κ2) is 4.40. The van der Waals surface area contributed by atoms with Gasteiger partial charge in [0, 0.05) is 12.6 Å². The predicted octanol–water partition coefficient (Wildman–Crippen LogP) is 1.52. The van der Waals surface area contributed by atoms with Crippen molar-refractivity contribution in [1.82, 2.24) is 5.32 Å². The largest absolute Gasteiger partial charge is 0.323 e. The van der Waals surface area contributed by atoms with Crippen molar-refractivity contribution >= 4 is 0 Å². The van der Waals surface area contributed by atoms with Gasteiger partial charge in [0.25, 0.3) is 0 Å². The topological polar surface area (TPSA) is 38.0 Å². The Hall–Kier alpha value is -0.860. The van der Waals surface area contributed by atoms with Gasteiger partial charge < -0.3 is 11.1 Å². The highest BCUT2D eigenvalue weighted by Gasteiger charge is 2.06. The van der Waals surface area contributed by atoms with Gasteiger partial charge in [0.15, 0.2) is 0 Å². The molecular weight excluding hydrogens is 160 g/mol. The van der Waals surface area contributed by atoms with Crippen molar-refractivity contribution < 1.29 is 0 Å². The van der Waals surface area contributed by atoms with Gasteiger partial charge in [0.05, 0.1) is 0 Å². The second-order valence-corrected chi connectivity index (χ2v) is 3.52. The van der Waals surface area contributed by atoms with Crippen LogP contribution in [-0.2, 0) is 0 Å². The molecule has 0 bridgehead atoms. The van der Waals surface area contributed by atoms with E-state index in [4.69, 9.17) is 5.73 Å². The lowest BCUT2D eigenvalue weighted by Crippen LogP contribution is -2.24. The Balaban J connectivity index is 2.88. The maximum absolute atomic E-state index is 5.99. The Morgan fingerprint density at radius 2 is 2.08 bits per heavy atom. The summed E-state index contributed by atoms with van der Waals surface area (Å²) >= 11 is 0. The van der Waals surface area contributed by atoms with Crippen molar-refractivity contribution in [3.8, 4) is 0 Å². The van der Waals surface area contributed by atoms with Gasteiger partial charge in [-0.1, -0.05) is 23.8 Å². The summed E-state index contributed by atoms with van der Waals surface area (Å²) in [6.07, 6.45) is 0. The van der Waals surface area contributed by atoms with E-state index in [-0.39, 0.29) is 6.04 Å². The monoisotopic (exact) mass is 178 g/mol. The summed E-state index contributed by atoms with van der Waals surface area (Å²) in [7, 11) is 1.92. The molecule has 1 rings (SSSR count). The third-order valence-electron chi connectivity index (χ3n) is 2.25. The van der Waals surface area contributed by atoms with Crippen LogP contribution in [0.1, 0.15) is 22.7 Å². The van der Waals surface area contributed by atoms with Crippen LogP contribution in [0.4, 0.5) is 0 Å². The zero-order valence-electron chi connectivity index (χ0n) is 8.59. The summed E-state index contributed by atoms with van der Waals surface area (Å²) in [5.41, 5.74) is 9.80. The van der Waals surface area contributed by atoms with Gasteiger partial charge in [-0.25, -0.2) is 0 Å². The molecule has 0 fully saturated rings. The molecule has 2 nitrogen and oxygen atoms in total. The Morgan fingerprint density at radius 3 is 2.62 bits per heavy atom. The first-order chi connectivity index (χ1) is 6.15. The minimum Gasteiger partial charge on any atom is -0.323 e. The van der Waals surface area contributed by atoms with E-state index in [0.717, 1.165) is 6.54 Å². The fraction of sp³-hybridized carbons (Fsp3) is 0.455. The smallest absolute Gasteiger partial charge is 0.0424 e. The lowest BCUT2D eigenvalue weighted by molar-refractivity contribution is 0.650. The van der Waals surface area contributed by atoms with Crippen LogP contribution < -0.4 is 11.1 Å². The van der Waals surface area contributed by atoms with E-state index >= 15 is 0 Å². The summed E-state index contributed by atoms with van der Waals surface area (Å²) < 4.78 is 0. The van der Waals surface area contributed by atoms with Crippen LogP contribution in [0.15, 0.2) is 18.2 Å². The molecule has 0 aliphatic rings. The number of nitrogens with two attached hydrogens (primary N) is 1. The highest BCUT2D eigenvalue weighted by atomic mass is 14.9. The van der Waals surface area contributed by atoms with Crippen molar-refractivity contribution in [3.05, 3.63) is 34.9 Å². The molecule has 13 heavy (non-hydrogen) atoms. The maximum atomic E-state index is 5.99. The number of rotatable bonds is 3. The van der Waals surface area contributed by atoms with E-state index < -0.39 is 0 Å². The standard InChI is InChI=1S/C11H18N2/c1-8-4-5-10(9(2)6-8)11(12)7-13-3/h4-6,11,13H,7,12H2,1-3H3. The van der Waals surface area contributed by atoms with Crippen molar-refractivity contribution in [2.45, 2.75) is 19.9 Å². The molecule has 0 saturated heterocycles. The van der Waals surface area contributed by atoms with E-state index in [0.29, 0.717) is 0 Å². The van der Waals surface area contributed by atoms with Gasteiger partial charge in [0.1, 0.15) is 0 Å². The second-order valence-electron chi connectivity index (χ2n) is 3.52. The molecule has 2 heteroatoms. The van der Waals surface area contributed by atoms with Gasteiger partial charge >= 0.3 is 0 Å². The van der Waals surface area contributed by atoms with Crippen LogP contribution in [0.2, 0.25) is 0 Å². The van der Waals surface area contributed by atoms with Crippen LogP contribution in [0.5, 0.6) is 0 Å². The normalized spacial score (nSPS) is 12.9. The molecule has 1 unspecified atom stereocenters. The van der Waals surface area contributed by atoms with Crippen molar-refractivity contribution in [2.24, 2.45) is 5.73 Å². The maximum Gasteiger partial charge on any atom is 0.0424 e. The SMILES string of the molecule is CNCC(N)c1ccc(C)cc1C. The van der Waals surface area contributed by atoms with Crippen molar-refractivity contribution in [1.29, 1.82) is 0 Å². The van der Waals surface area contributed by atoms with Gasteiger partial charge in [0.2, 0.25) is 0 Å². The lowest BCUT2D eigenvalue weighted by atomic mass is 10.00. The van der Waals surface area contributed by atoms with Gasteiger partial charge in [-0.2, -0.15) is 0 Å². The van der Waals surface area contributed by atoms with E-state index in [1.54, 1.807) is 0 Å². The van der Waals surface area contributed by atoms with Crippen LogP contribution in [0.3, 0.4) is 0 Å². The van der Waals surface area contributed by atoms with Crippen molar-refractivity contribution in [3.63, 3.8) is 0 Å². The number of hydrogen-bond donors (Lipinski definition) is 2. The molecular formula is C11H18N2. The van der Waals surface area contributed by atoms with E-state index in [9.17, 15) is 0 Å². The molecule has 1 aromatic carbocycles. The molecule has 0 aliphatic heterocycles. The Bertz CT molecular complexity index is 281. The quantitative estimate of drug-likeness (QED) is 0.736. The fourth-order valence-corrected chi connectivity index (χ4v) is 1.57. The Kier molecular flexibility index (Phi) is 3.46. The number of hydrogen-bond acceptors (Lipinski definition) is 2. The summed E-state index contributed by atoms with van der Waals surface area (Å²) in [4.78, 5) is 0. The number of likely N-dealkylation sites (N-methyl/N-ethyl adjacent to an activating group) is 1. The molecule has 1 aromatic rings. The molecule has 3 N–H and O–H groups in total. The van der Waals surface area contributed by atoms with Gasteiger partial charge in [-0.05, 0) is 32.0 Å². The molecule has 0 heterocycles. The molecule has 0 aliphatic carbocycles. The molecule has 0 radical (unpaired) electrons. The first kappa shape index (κ1) is 10.2. The van der Waals surface area contributed by atoms with Crippen molar-refractivity contribution in [2.75, 3.05) is 13.6 Å². The predicted molar refractivity (Wildman–Crippen MR) is 56.8 cm³/mol. The molecule has 0 spiro atoms. The minimum atomic E-state index is 0.102. The molecule has 72 valence electrons. The molecule has 0 amide bonds. The molecule has 1 atom stereocenters. The average Bonchev–Trinajstić information content (AvgIpc) is 2.04. The summed E-state index contributed by atoms with van der Waals surface area (Å²) in [6, 6.07) is 6.50. The first-order valence-electron chi connectivity index (χ1n) is 4.62. The number of aryl methyl sites for hydroxylation is 2. The minimum absolute atomic E-state index is 0.102.